The lowest BCUT2D eigenvalue weighted by Crippen LogP contribution is -2.39. The summed E-state index contributed by atoms with van der Waals surface area (Å²) in [5, 5.41) is 10.1. The summed E-state index contributed by atoms with van der Waals surface area (Å²) in [6.07, 6.45) is 0.747. The molecule has 3 rings (SSSR count). The highest BCUT2D eigenvalue weighted by molar-refractivity contribution is 7.89. The Morgan fingerprint density at radius 1 is 1.30 bits per heavy atom. The second-order valence-corrected chi connectivity index (χ2v) is 7.43. The highest BCUT2D eigenvalue weighted by Crippen LogP contribution is 2.24. The number of nitrogens with zero attached hydrogens (tertiary/aromatic N) is 1. The van der Waals surface area contributed by atoms with Gasteiger partial charge in [0.25, 0.3) is 5.91 Å². The molecule has 0 bridgehead atoms. The standard InChI is InChI=1S/C15H18N2O5S/c1-16-23(20,21)12-2-3-13-10(8-12)9-14(22-13)15(19)17-6-4-11(18)5-7-17/h2-3,8-9,11,16,18H,4-7H2,1H3. The number of likely N-dealkylation sites (tertiary alicyclic amines) is 1. The fraction of sp³-hybridized carbons (Fsp3) is 0.400. The summed E-state index contributed by atoms with van der Waals surface area (Å²) in [7, 11) is -2.20. The number of carbonyl (C=O) groups is 1. The summed E-state index contributed by atoms with van der Waals surface area (Å²) >= 11 is 0. The van der Waals surface area contributed by atoms with E-state index in [1.807, 2.05) is 0 Å². The summed E-state index contributed by atoms with van der Waals surface area (Å²) in [5.41, 5.74) is 0.459. The third-order valence-corrected chi connectivity index (χ3v) is 5.44. The lowest BCUT2D eigenvalue weighted by molar-refractivity contribution is 0.0522. The van der Waals surface area contributed by atoms with Crippen LogP contribution in [0.3, 0.4) is 0 Å². The number of piperidine rings is 1. The average Bonchev–Trinajstić information content (AvgIpc) is 2.98. The van der Waals surface area contributed by atoms with E-state index in [9.17, 15) is 18.3 Å². The molecule has 1 aliphatic rings. The summed E-state index contributed by atoms with van der Waals surface area (Å²) in [4.78, 5) is 14.2. The van der Waals surface area contributed by atoms with Gasteiger partial charge in [0, 0.05) is 18.5 Å². The Balaban J connectivity index is 1.89. The summed E-state index contributed by atoms with van der Waals surface area (Å²) < 4.78 is 31.4. The normalized spacial score (nSPS) is 16.9. The Kier molecular flexibility index (Phi) is 4.13. The van der Waals surface area contributed by atoms with Gasteiger partial charge in [-0.25, -0.2) is 13.1 Å². The van der Waals surface area contributed by atoms with E-state index in [0.717, 1.165) is 0 Å². The third-order valence-electron chi connectivity index (χ3n) is 4.03. The molecule has 0 saturated carbocycles. The number of amides is 1. The van der Waals surface area contributed by atoms with E-state index >= 15 is 0 Å². The van der Waals surface area contributed by atoms with Crippen LogP contribution in [-0.2, 0) is 10.0 Å². The zero-order chi connectivity index (χ0) is 16.6. The number of aliphatic hydroxyl groups excluding tert-OH is 1. The molecule has 1 aromatic carbocycles. The Morgan fingerprint density at radius 3 is 2.65 bits per heavy atom. The van der Waals surface area contributed by atoms with Crippen LogP contribution in [0.4, 0.5) is 0 Å². The molecule has 2 heterocycles. The van der Waals surface area contributed by atoms with E-state index in [0.29, 0.717) is 36.9 Å². The lowest BCUT2D eigenvalue weighted by atomic mass is 10.1. The fourth-order valence-corrected chi connectivity index (χ4v) is 3.40. The monoisotopic (exact) mass is 338 g/mol. The van der Waals surface area contributed by atoms with E-state index in [-0.39, 0.29) is 22.7 Å². The molecule has 0 aliphatic carbocycles. The van der Waals surface area contributed by atoms with Crippen molar-refractivity contribution in [3.8, 4) is 0 Å². The van der Waals surface area contributed by atoms with Crippen molar-refractivity contribution >= 4 is 26.9 Å². The Labute approximate surface area is 133 Å². The van der Waals surface area contributed by atoms with Crippen LogP contribution in [0.1, 0.15) is 23.4 Å². The van der Waals surface area contributed by atoms with Crippen molar-refractivity contribution in [1.29, 1.82) is 0 Å². The van der Waals surface area contributed by atoms with Gasteiger partial charge in [-0.15, -0.1) is 0 Å². The van der Waals surface area contributed by atoms with Crippen LogP contribution in [-0.4, -0.2) is 50.6 Å². The van der Waals surface area contributed by atoms with Gasteiger partial charge in [0.05, 0.1) is 11.0 Å². The predicted octanol–water partition coefficient (Wildman–Crippen LogP) is 0.938. The van der Waals surface area contributed by atoms with Gasteiger partial charge in [-0.2, -0.15) is 0 Å². The van der Waals surface area contributed by atoms with E-state index in [2.05, 4.69) is 4.72 Å². The van der Waals surface area contributed by atoms with Gasteiger partial charge < -0.3 is 14.4 Å². The van der Waals surface area contributed by atoms with Gasteiger partial charge >= 0.3 is 0 Å². The first-order chi connectivity index (χ1) is 10.9. The molecule has 2 N–H and O–H groups in total. The van der Waals surface area contributed by atoms with Gasteiger partial charge in [0.2, 0.25) is 10.0 Å². The molecule has 8 heteroatoms. The van der Waals surface area contributed by atoms with E-state index in [1.54, 1.807) is 11.0 Å². The molecule has 1 aliphatic heterocycles. The van der Waals surface area contributed by atoms with Gasteiger partial charge in [-0.3, -0.25) is 4.79 Å². The largest absolute Gasteiger partial charge is 0.451 e. The number of sulfonamides is 1. The molecule has 1 amide bonds. The van der Waals surface area contributed by atoms with Crippen molar-refractivity contribution < 1.29 is 22.7 Å². The molecule has 1 saturated heterocycles. The highest BCUT2D eigenvalue weighted by Gasteiger charge is 2.25. The molecule has 124 valence electrons. The van der Waals surface area contributed by atoms with Gasteiger partial charge in [0.1, 0.15) is 5.58 Å². The zero-order valence-electron chi connectivity index (χ0n) is 12.7. The molecule has 0 radical (unpaired) electrons. The van der Waals surface area contributed by atoms with Crippen molar-refractivity contribution in [2.75, 3.05) is 20.1 Å². The van der Waals surface area contributed by atoms with Crippen LogP contribution in [0.15, 0.2) is 33.6 Å². The number of benzene rings is 1. The fourth-order valence-electron chi connectivity index (χ4n) is 2.64. The van der Waals surface area contributed by atoms with Crippen LogP contribution in [0.2, 0.25) is 0 Å². The van der Waals surface area contributed by atoms with E-state index in [1.165, 1.54) is 25.2 Å². The predicted molar refractivity (Wildman–Crippen MR) is 83.6 cm³/mol. The van der Waals surface area contributed by atoms with Crippen molar-refractivity contribution in [3.05, 3.63) is 30.0 Å². The molecule has 23 heavy (non-hydrogen) atoms. The minimum Gasteiger partial charge on any atom is -0.451 e. The molecule has 7 nitrogen and oxygen atoms in total. The molecule has 1 fully saturated rings. The zero-order valence-corrected chi connectivity index (χ0v) is 13.5. The average molecular weight is 338 g/mol. The van der Waals surface area contributed by atoms with Crippen LogP contribution in [0.5, 0.6) is 0 Å². The maximum absolute atomic E-state index is 12.4. The SMILES string of the molecule is CNS(=O)(=O)c1ccc2oc(C(=O)N3CCC(O)CC3)cc2c1. The second-order valence-electron chi connectivity index (χ2n) is 5.54. The Morgan fingerprint density at radius 2 is 2.00 bits per heavy atom. The van der Waals surface area contributed by atoms with E-state index in [4.69, 9.17) is 4.42 Å². The lowest BCUT2D eigenvalue weighted by Gasteiger charge is -2.28. The molecular weight excluding hydrogens is 320 g/mol. The van der Waals surface area contributed by atoms with Crippen molar-refractivity contribution in [3.63, 3.8) is 0 Å². The quantitative estimate of drug-likeness (QED) is 0.867. The number of fused-ring (bicyclic) bond motifs is 1. The Hall–Kier alpha value is -1.90. The van der Waals surface area contributed by atoms with Gasteiger partial charge in [0.15, 0.2) is 5.76 Å². The second kappa shape index (κ2) is 5.95. The minimum atomic E-state index is -3.54. The smallest absolute Gasteiger partial charge is 0.289 e. The van der Waals surface area contributed by atoms with Crippen molar-refractivity contribution in [1.82, 2.24) is 9.62 Å². The van der Waals surface area contributed by atoms with Crippen LogP contribution in [0, 0.1) is 0 Å². The number of carbonyl (C=O) groups excluding carboxylic acids is 1. The Bertz CT molecular complexity index is 835. The van der Waals surface area contributed by atoms with Crippen LogP contribution >= 0.6 is 0 Å². The third kappa shape index (κ3) is 3.10. The van der Waals surface area contributed by atoms with Gasteiger partial charge in [-0.05, 0) is 44.2 Å². The summed E-state index contributed by atoms with van der Waals surface area (Å²) in [6.45, 7) is 0.965. The first-order valence-corrected chi connectivity index (χ1v) is 8.83. The van der Waals surface area contributed by atoms with Gasteiger partial charge in [-0.1, -0.05) is 0 Å². The molecule has 2 aromatic rings. The highest BCUT2D eigenvalue weighted by atomic mass is 32.2. The minimum absolute atomic E-state index is 0.119. The number of hydrogen-bond acceptors (Lipinski definition) is 5. The molecule has 0 atom stereocenters. The number of furan rings is 1. The van der Waals surface area contributed by atoms with Crippen molar-refractivity contribution in [2.24, 2.45) is 0 Å². The molecule has 0 spiro atoms. The topological polar surface area (TPSA) is 99.8 Å². The number of rotatable bonds is 3. The first kappa shape index (κ1) is 16.0. The summed E-state index contributed by atoms with van der Waals surface area (Å²) in [5.74, 6) is -0.0680. The molecular formula is C15H18N2O5S. The van der Waals surface area contributed by atoms with Crippen LogP contribution < -0.4 is 4.72 Å². The van der Waals surface area contributed by atoms with E-state index < -0.39 is 10.0 Å². The van der Waals surface area contributed by atoms with Crippen molar-refractivity contribution in [2.45, 2.75) is 23.8 Å². The number of hydrogen-bond donors (Lipinski definition) is 2. The maximum atomic E-state index is 12.4. The molecule has 0 unspecified atom stereocenters. The molecule has 1 aromatic heterocycles. The van der Waals surface area contributed by atoms with Crippen LogP contribution in [0.25, 0.3) is 11.0 Å². The first-order valence-electron chi connectivity index (χ1n) is 7.35. The number of nitrogens with one attached hydrogen (secondary N) is 1. The maximum Gasteiger partial charge on any atom is 0.289 e. The summed E-state index contributed by atoms with van der Waals surface area (Å²) in [6, 6.07) is 6.00. The number of aliphatic hydroxyl groups is 1.